The van der Waals surface area contributed by atoms with E-state index in [9.17, 15) is 4.79 Å². The van der Waals surface area contributed by atoms with E-state index in [0.29, 0.717) is 23.9 Å². The van der Waals surface area contributed by atoms with E-state index in [1.807, 2.05) is 37.5 Å². The molecule has 1 saturated carbocycles. The Hall–Kier alpha value is -2.34. The highest BCUT2D eigenvalue weighted by Crippen LogP contribution is 2.39. The molecule has 0 saturated heterocycles. The van der Waals surface area contributed by atoms with Crippen LogP contribution in [0, 0.1) is 0 Å². The van der Waals surface area contributed by atoms with Gasteiger partial charge in [0, 0.05) is 14.8 Å². The largest absolute Gasteiger partial charge is 0.338 e. The van der Waals surface area contributed by atoms with Gasteiger partial charge in [0.2, 0.25) is 12.3 Å². The second-order valence-corrected chi connectivity index (χ2v) is 4.13. The first-order valence-electron chi connectivity index (χ1n) is 6.95. The molecule has 6 nitrogen and oxygen atoms in total. The van der Waals surface area contributed by atoms with Crippen LogP contribution in [0.15, 0.2) is 40.9 Å². The van der Waals surface area contributed by atoms with Crippen LogP contribution >= 0.6 is 0 Å². The molecule has 6 heteroatoms. The van der Waals surface area contributed by atoms with Gasteiger partial charge in [-0.15, -0.1) is 0 Å². The average Bonchev–Trinajstić information content (AvgIpc) is 3.31. The lowest BCUT2D eigenvalue weighted by molar-refractivity contribution is -0.105. The molecule has 0 spiro atoms. The second kappa shape index (κ2) is 9.55. The first-order chi connectivity index (χ1) is 10.3. The third-order valence-corrected chi connectivity index (χ3v) is 2.63. The van der Waals surface area contributed by atoms with Crippen LogP contribution in [-0.4, -0.2) is 16.8 Å². The van der Waals surface area contributed by atoms with Gasteiger partial charge in [-0.3, -0.25) is 20.8 Å². The van der Waals surface area contributed by atoms with Crippen LogP contribution in [0.5, 0.6) is 0 Å². The standard InChI is InChI=1S/C7H8N2O2.C6H7NO.C2H6.2H2/c10-4-8-7-3-6(9-11-7)5-1-2-5;8-7-6-4-2-1-3-5-6;1-2;;/h3-5H,1-2H2,(H,8,10);1-5,7-8H;1-2H3;2*1H. The molecule has 0 unspecified atom stereocenters. The van der Waals surface area contributed by atoms with Crippen LogP contribution < -0.4 is 10.8 Å². The number of rotatable bonds is 4. The maximum atomic E-state index is 9.97. The molecule has 3 rings (SSSR count). The molecule has 1 aliphatic carbocycles. The van der Waals surface area contributed by atoms with Crippen LogP contribution in [0.3, 0.4) is 0 Å². The number of nitrogens with one attached hydrogen (secondary N) is 2. The van der Waals surface area contributed by atoms with E-state index in [2.05, 4.69) is 10.5 Å². The van der Waals surface area contributed by atoms with Crippen molar-refractivity contribution in [2.75, 3.05) is 10.8 Å². The van der Waals surface area contributed by atoms with Crippen molar-refractivity contribution in [1.82, 2.24) is 5.16 Å². The van der Waals surface area contributed by atoms with Gasteiger partial charge in [0.15, 0.2) is 0 Å². The molecule has 1 amide bonds. The minimum atomic E-state index is 0. The van der Waals surface area contributed by atoms with Crippen molar-refractivity contribution in [2.24, 2.45) is 0 Å². The van der Waals surface area contributed by atoms with Gasteiger partial charge in [-0.25, -0.2) is 0 Å². The summed E-state index contributed by atoms with van der Waals surface area (Å²) in [5.74, 6) is 1.00. The number of nitrogens with zero attached hydrogens (tertiary/aromatic N) is 1. The molecule has 1 fully saturated rings. The summed E-state index contributed by atoms with van der Waals surface area (Å²) in [6.45, 7) is 4.00. The van der Waals surface area contributed by atoms with Gasteiger partial charge in [0.1, 0.15) is 0 Å². The van der Waals surface area contributed by atoms with Crippen LogP contribution in [0.2, 0.25) is 0 Å². The molecule has 3 N–H and O–H groups in total. The first kappa shape index (κ1) is 16.7. The van der Waals surface area contributed by atoms with Gasteiger partial charge < -0.3 is 4.52 Å². The summed E-state index contributed by atoms with van der Waals surface area (Å²) in [6, 6.07) is 10.9. The molecule has 1 heterocycles. The van der Waals surface area contributed by atoms with Crippen LogP contribution in [0.1, 0.15) is 41.2 Å². The summed E-state index contributed by atoms with van der Waals surface area (Å²) in [5, 5.41) is 14.5. The Labute approximate surface area is 127 Å². The maximum Gasteiger partial charge on any atom is 0.231 e. The number of anilines is 2. The molecule has 1 aliphatic rings. The van der Waals surface area contributed by atoms with Gasteiger partial charge in [-0.1, -0.05) is 37.2 Å². The summed E-state index contributed by atoms with van der Waals surface area (Å²) in [5.41, 5.74) is 3.70. The van der Waals surface area contributed by atoms with Crippen molar-refractivity contribution in [3.63, 3.8) is 0 Å². The zero-order valence-electron chi connectivity index (χ0n) is 12.2. The molecule has 0 aliphatic heterocycles. The lowest BCUT2D eigenvalue weighted by atomic mass is 10.3. The van der Waals surface area contributed by atoms with E-state index in [4.69, 9.17) is 9.73 Å². The first-order valence-corrected chi connectivity index (χ1v) is 6.95. The number of hydrogen-bond acceptors (Lipinski definition) is 5. The van der Waals surface area contributed by atoms with Gasteiger partial charge in [0.25, 0.3) is 0 Å². The Morgan fingerprint density at radius 3 is 2.48 bits per heavy atom. The van der Waals surface area contributed by atoms with Crippen molar-refractivity contribution >= 4 is 18.0 Å². The van der Waals surface area contributed by atoms with Crippen molar-refractivity contribution in [3.8, 4) is 0 Å². The Morgan fingerprint density at radius 2 is 2.00 bits per heavy atom. The number of para-hydroxylation sites is 1. The highest BCUT2D eigenvalue weighted by molar-refractivity contribution is 5.67. The second-order valence-electron chi connectivity index (χ2n) is 4.13. The lowest BCUT2D eigenvalue weighted by Gasteiger charge is -1.92. The SMILES string of the molecule is CC.O=CNc1cc(C2CC2)no1.ONc1ccccc1.[HH].[HH]. The molecule has 118 valence electrons. The number of benzene rings is 1. The maximum absolute atomic E-state index is 9.97. The van der Waals surface area contributed by atoms with E-state index in [1.165, 1.54) is 12.8 Å². The van der Waals surface area contributed by atoms with E-state index >= 15 is 0 Å². The fourth-order valence-corrected chi connectivity index (χ4v) is 1.50. The molecule has 0 radical (unpaired) electrons. The van der Waals surface area contributed by atoms with E-state index < -0.39 is 0 Å². The average molecular weight is 295 g/mol. The number of carbonyl (C=O) groups is 1. The predicted octanol–water partition coefficient (Wildman–Crippen LogP) is 4.13. The van der Waals surface area contributed by atoms with E-state index in [1.54, 1.807) is 18.2 Å². The van der Waals surface area contributed by atoms with Crippen molar-refractivity contribution in [3.05, 3.63) is 42.1 Å². The molecule has 2 aromatic rings. The molecule has 21 heavy (non-hydrogen) atoms. The number of aromatic nitrogens is 1. The van der Waals surface area contributed by atoms with Gasteiger partial charge in [-0.2, -0.15) is 0 Å². The van der Waals surface area contributed by atoms with E-state index in [-0.39, 0.29) is 2.85 Å². The van der Waals surface area contributed by atoms with Crippen molar-refractivity contribution in [1.29, 1.82) is 0 Å². The quantitative estimate of drug-likeness (QED) is 0.583. The highest BCUT2D eigenvalue weighted by atomic mass is 16.5. The Balaban J connectivity index is 0. The number of hydrogen-bond donors (Lipinski definition) is 3. The van der Waals surface area contributed by atoms with Gasteiger partial charge in [-0.05, 0) is 25.0 Å². The lowest BCUT2D eigenvalue weighted by Crippen LogP contribution is -1.90. The van der Waals surface area contributed by atoms with Crippen LogP contribution in [-0.2, 0) is 4.79 Å². The van der Waals surface area contributed by atoms with Gasteiger partial charge >= 0.3 is 0 Å². The number of carbonyl (C=O) groups excluding carboxylic acids is 1. The van der Waals surface area contributed by atoms with Crippen LogP contribution in [0.25, 0.3) is 0 Å². The van der Waals surface area contributed by atoms with Crippen molar-refractivity contribution < 1.29 is 17.4 Å². The van der Waals surface area contributed by atoms with E-state index in [0.717, 1.165) is 5.69 Å². The topological polar surface area (TPSA) is 87.4 Å². The Kier molecular flexibility index (Phi) is 7.60. The summed E-state index contributed by atoms with van der Waals surface area (Å²) >= 11 is 0. The third-order valence-electron chi connectivity index (χ3n) is 2.63. The Bertz CT molecular complexity index is 520. The predicted molar refractivity (Wildman–Crippen MR) is 85.6 cm³/mol. The summed E-state index contributed by atoms with van der Waals surface area (Å²) in [4.78, 5) is 9.97. The monoisotopic (exact) mass is 295 g/mol. The summed E-state index contributed by atoms with van der Waals surface area (Å²) in [7, 11) is 0. The molecule has 1 aromatic heterocycles. The zero-order valence-corrected chi connectivity index (χ0v) is 12.2. The smallest absolute Gasteiger partial charge is 0.231 e. The van der Waals surface area contributed by atoms with Crippen LogP contribution in [0.4, 0.5) is 11.6 Å². The molecular formula is C15H25N3O3. The zero-order chi connectivity index (χ0) is 15.5. The normalized spacial score (nSPS) is 12.1. The highest BCUT2D eigenvalue weighted by Gasteiger charge is 2.26. The molecule has 0 bridgehead atoms. The number of amides is 1. The summed E-state index contributed by atoms with van der Waals surface area (Å²) < 4.78 is 4.81. The third kappa shape index (κ3) is 6.09. The molecule has 1 aromatic carbocycles. The van der Waals surface area contributed by atoms with Gasteiger partial charge in [0.05, 0.1) is 11.4 Å². The summed E-state index contributed by atoms with van der Waals surface area (Å²) in [6.07, 6.45) is 2.96. The fraction of sp³-hybridized carbons (Fsp3) is 0.333. The molecular weight excluding hydrogens is 270 g/mol. The fourth-order valence-electron chi connectivity index (χ4n) is 1.50. The molecule has 0 atom stereocenters. The van der Waals surface area contributed by atoms with Crippen molar-refractivity contribution in [2.45, 2.75) is 32.6 Å². The minimum absolute atomic E-state index is 0. The Morgan fingerprint density at radius 1 is 1.33 bits per heavy atom. The minimum Gasteiger partial charge on any atom is -0.338 e.